The number of benzene rings is 2. The molecule has 0 aliphatic heterocycles. The van der Waals surface area contributed by atoms with Gasteiger partial charge in [-0.3, -0.25) is 0 Å². The number of hydrogen-bond donors (Lipinski definition) is 1. The second-order valence-electron chi connectivity index (χ2n) is 4.97. The van der Waals surface area contributed by atoms with Crippen molar-refractivity contribution in [2.24, 2.45) is 0 Å². The first kappa shape index (κ1) is 17.3. The fourth-order valence-corrected chi connectivity index (χ4v) is 3.60. The Hall–Kier alpha value is -1.07. The molecule has 0 aliphatic carbocycles. The lowest BCUT2D eigenvalue weighted by molar-refractivity contribution is 0.578. The maximum absolute atomic E-state index is 12.0. The molecule has 0 unspecified atom stereocenters. The SMILES string of the molecule is O=S(=O)(Cc1ccc(Cl)cc1)NCCCc1ccccc1Cl. The average Bonchev–Trinajstić information content (AvgIpc) is 2.47. The largest absolute Gasteiger partial charge is 0.215 e. The molecule has 0 saturated carbocycles. The van der Waals surface area contributed by atoms with Crippen molar-refractivity contribution >= 4 is 33.2 Å². The number of sulfonamides is 1. The molecule has 2 rings (SSSR count). The number of hydrogen-bond acceptors (Lipinski definition) is 2. The zero-order chi connectivity index (χ0) is 16.0. The first-order valence-corrected chi connectivity index (χ1v) is 9.32. The average molecular weight is 358 g/mol. The van der Waals surface area contributed by atoms with Gasteiger partial charge < -0.3 is 0 Å². The number of aryl methyl sites for hydroxylation is 1. The Bertz CT molecular complexity index is 715. The Morgan fingerprint density at radius 2 is 1.64 bits per heavy atom. The van der Waals surface area contributed by atoms with E-state index >= 15 is 0 Å². The molecule has 6 heteroatoms. The molecule has 22 heavy (non-hydrogen) atoms. The first-order chi connectivity index (χ1) is 10.5. The van der Waals surface area contributed by atoms with Crippen LogP contribution in [0.2, 0.25) is 10.0 Å². The van der Waals surface area contributed by atoms with E-state index in [0.717, 1.165) is 12.0 Å². The molecule has 0 amide bonds. The van der Waals surface area contributed by atoms with Crippen LogP contribution in [0.3, 0.4) is 0 Å². The predicted octanol–water partition coefficient (Wildman–Crippen LogP) is 4.05. The highest BCUT2D eigenvalue weighted by molar-refractivity contribution is 7.88. The van der Waals surface area contributed by atoms with Crippen molar-refractivity contribution in [2.75, 3.05) is 6.54 Å². The van der Waals surface area contributed by atoms with Crippen molar-refractivity contribution in [3.8, 4) is 0 Å². The highest BCUT2D eigenvalue weighted by Gasteiger charge is 2.11. The molecule has 0 spiro atoms. The fraction of sp³-hybridized carbons (Fsp3) is 0.250. The van der Waals surface area contributed by atoms with Crippen LogP contribution in [0.4, 0.5) is 0 Å². The monoisotopic (exact) mass is 357 g/mol. The minimum atomic E-state index is -3.34. The Balaban J connectivity index is 1.80. The van der Waals surface area contributed by atoms with E-state index < -0.39 is 10.0 Å². The number of rotatable bonds is 7. The molecule has 0 saturated heterocycles. The van der Waals surface area contributed by atoms with Gasteiger partial charge in [0.15, 0.2) is 0 Å². The van der Waals surface area contributed by atoms with Crippen LogP contribution in [-0.2, 0) is 22.2 Å². The zero-order valence-electron chi connectivity index (χ0n) is 11.9. The van der Waals surface area contributed by atoms with E-state index in [2.05, 4.69) is 4.72 Å². The third-order valence-electron chi connectivity index (χ3n) is 3.17. The summed E-state index contributed by atoms with van der Waals surface area (Å²) in [6, 6.07) is 14.4. The van der Waals surface area contributed by atoms with Crippen LogP contribution in [0.25, 0.3) is 0 Å². The first-order valence-electron chi connectivity index (χ1n) is 6.91. The molecule has 118 valence electrons. The van der Waals surface area contributed by atoms with Gasteiger partial charge in [-0.25, -0.2) is 13.1 Å². The highest BCUT2D eigenvalue weighted by Crippen LogP contribution is 2.16. The van der Waals surface area contributed by atoms with E-state index in [1.54, 1.807) is 24.3 Å². The molecule has 0 fully saturated rings. The summed E-state index contributed by atoms with van der Waals surface area (Å²) in [6.45, 7) is 0.390. The summed E-state index contributed by atoms with van der Waals surface area (Å²) in [7, 11) is -3.34. The molecule has 0 radical (unpaired) electrons. The van der Waals surface area contributed by atoms with E-state index in [1.807, 2.05) is 24.3 Å². The smallest absolute Gasteiger partial charge is 0.215 e. The van der Waals surface area contributed by atoms with Crippen LogP contribution in [0, 0.1) is 0 Å². The van der Waals surface area contributed by atoms with Gasteiger partial charge in [-0.05, 0) is 42.2 Å². The quantitative estimate of drug-likeness (QED) is 0.759. The molecule has 0 aromatic heterocycles. The number of nitrogens with one attached hydrogen (secondary N) is 1. The second-order valence-corrected chi connectivity index (χ2v) is 7.63. The van der Waals surface area contributed by atoms with Crippen LogP contribution in [-0.4, -0.2) is 15.0 Å². The van der Waals surface area contributed by atoms with E-state index in [9.17, 15) is 8.42 Å². The lowest BCUT2D eigenvalue weighted by atomic mass is 10.1. The Morgan fingerprint density at radius 3 is 2.32 bits per heavy atom. The molecule has 2 aromatic rings. The second kappa shape index (κ2) is 7.97. The summed E-state index contributed by atoms with van der Waals surface area (Å²) in [4.78, 5) is 0. The zero-order valence-corrected chi connectivity index (χ0v) is 14.3. The van der Waals surface area contributed by atoms with Crippen LogP contribution < -0.4 is 4.72 Å². The van der Waals surface area contributed by atoms with E-state index in [-0.39, 0.29) is 5.75 Å². The third-order valence-corrected chi connectivity index (χ3v) is 5.15. The summed E-state index contributed by atoms with van der Waals surface area (Å²) >= 11 is 11.8. The lowest BCUT2D eigenvalue weighted by Crippen LogP contribution is -2.26. The minimum Gasteiger partial charge on any atom is -0.215 e. The van der Waals surface area contributed by atoms with Crippen molar-refractivity contribution in [1.29, 1.82) is 0 Å². The predicted molar refractivity (Wildman–Crippen MR) is 91.9 cm³/mol. The topological polar surface area (TPSA) is 46.2 Å². The summed E-state index contributed by atoms with van der Waals surface area (Å²) in [5, 5.41) is 1.31. The van der Waals surface area contributed by atoms with E-state index in [0.29, 0.717) is 28.6 Å². The minimum absolute atomic E-state index is 0.0454. The Morgan fingerprint density at radius 1 is 0.955 bits per heavy atom. The molecular weight excluding hydrogens is 341 g/mol. The van der Waals surface area contributed by atoms with Gasteiger partial charge in [0.2, 0.25) is 10.0 Å². The molecule has 3 nitrogen and oxygen atoms in total. The van der Waals surface area contributed by atoms with Gasteiger partial charge in [0.25, 0.3) is 0 Å². The van der Waals surface area contributed by atoms with Gasteiger partial charge in [0.1, 0.15) is 0 Å². The number of halogens is 2. The van der Waals surface area contributed by atoms with Crippen LogP contribution in [0.1, 0.15) is 17.5 Å². The fourth-order valence-electron chi connectivity index (χ4n) is 2.06. The van der Waals surface area contributed by atoms with Crippen molar-refractivity contribution in [1.82, 2.24) is 4.72 Å². The van der Waals surface area contributed by atoms with Gasteiger partial charge in [-0.1, -0.05) is 53.5 Å². The summed E-state index contributed by atoms with van der Waals surface area (Å²) in [5.74, 6) is -0.0454. The van der Waals surface area contributed by atoms with Crippen LogP contribution in [0.5, 0.6) is 0 Å². The third kappa shape index (κ3) is 5.61. The Labute approximate surface area is 141 Å². The van der Waals surface area contributed by atoms with E-state index in [4.69, 9.17) is 23.2 Å². The van der Waals surface area contributed by atoms with Gasteiger partial charge in [-0.15, -0.1) is 0 Å². The molecule has 0 heterocycles. The summed E-state index contributed by atoms with van der Waals surface area (Å²) in [5.41, 5.74) is 1.74. The van der Waals surface area contributed by atoms with Crippen molar-refractivity contribution in [3.05, 3.63) is 69.7 Å². The van der Waals surface area contributed by atoms with Crippen molar-refractivity contribution < 1.29 is 8.42 Å². The molecule has 0 bridgehead atoms. The standard InChI is InChI=1S/C16H17Cl2NO2S/c17-15-9-7-13(8-10-15)12-22(20,21)19-11-3-5-14-4-1-2-6-16(14)18/h1-2,4,6-10,19H,3,5,11-12H2. The molecule has 2 aromatic carbocycles. The molecule has 0 aliphatic rings. The molecule has 0 atom stereocenters. The lowest BCUT2D eigenvalue weighted by Gasteiger charge is -2.08. The van der Waals surface area contributed by atoms with Gasteiger partial charge in [0, 0.05) is 16.6 Å². The molecular formula is C16H17Cl2NO2S. The Kier molecular flexibility index (Phi) is 6.26. The molecule has 1 N–H and O–H groups in total. The summed E-state index contributed by atoms with van der Waals surface area (Å²) in [6.07, 6.45) is 1.44. The maximum Gasteiger partial charge on any atom is 0.215 e. The highest BCUT2D eigenvalue weighted by atomic mass is 35.5. The van der Waals surface area contributed by atoms with Gasteiger partial charge in [0.05, 0.1) is 5.75 Å². The van der Waals surface area contributed by atoms with Crippen molar-refractivity contribution in [3.63, 3.8) is 0 Å². The van der Waals surface area contributed by atoms with E-state index in [1.165, 1.54) is 0 Å². The summed E-state index contributed by atoms with van der Waals surface area (Å²) < 4.78 is 26.6. The maximum atomic E-state index is 12.0. The van der Waals surface area contributed by atoms with Gasteiger partial charge >= 0.3 is 0 Å². The van der Waals surface area contributed by atoms with Crippen LogP contribution in [0.15, 0.2) is 48.5 Å². The normalized spacial score (nSPS) is 11.5. The van der Waals surface area contributed by atoms with Crippen LogP contribution >= 0.6 is 23.2 Å². The van der Waals surface area contributed by atoms with Crippen molar-refractivity contribution in [2.45, 2.75) is 18.6 Å². The van der Waals surface area contributed by atoms with Gasteiger partial charge in [-0.2, -0.15) is 0 Å².